The Kier molecular flexibility index (Phi) is 16.9. The highest BCUT2D eigenvalue weighted by Crippen LogP contribution is 2.48. The maximum absolute atomic E-state index is 11.9. The fraction of sp³-hybridized carbons (Fsp3) is 0.269. The van der Waals surface area contributed by atoms with Gasteiger partial charge in [-0.15, -0.1) is 6.61 Å². The van der Waals surface area contributed by atoms with E-state index >= 15 is 0 Å². The van der Waals surface area contributed by atoms with Crippen molar-refractivity contribution in [3.8, 4) is 0 Å². The second-order valence-corrected chi connectivity index (χ2v) is 15.6. The van der Waals surface area contributed by atoms with Crippen LogP contribution in [0.2, 0.25) is 0 Å². The summed E-state index contributed by atoms with van der Waals surface area (Å²) in [5.41, 5.74) is 15.2. The van der Waals surface area contributed by atoms with Crippen LogP contribution >= 0.6 is 0 Å². The molecule has 0 saturated carbocycles. The molecule has 60 heavy (non-hydrogen) atoms. The first-order chi connectivity index (χ1) is 28.8. The second-order valence-electron chi connectivity index (χ2n) is 15.6. The van der Waals surface area contributed by atoms with E-state index in [4.69, 9.17) is 9.53 Å². The van der Waals surface area contributed by atoms with E-state index in [0.717, 1.165) is 50.4 Å². The van der Waals surface area contributed by atoms with Gasteiger partial charge in [-0.05, 0) is 114 Å². The van der Waals surface area contributed by atoms with Crippen molar-refractivity contribution in [1.29, 1.82) is 0 Å². The molecule has 1 atom stereocenters. The summed E-state index contributed by atoms with van der Waals surface area (Å²) in [4.78, 5) is 14.3. The molecule has 1 N–H and O–H groups in total. The zero-order chi connectivity index (χ0) is 44.0. The van der Waals surface area contributed by atoms with Gasteiger partial charge in [-0.2, -0.15) is 0 Å². The number of aryl methyl sites for hydroxylation is 1. The fourth-order valence-corrected chi connectivity index (χ4v) is 7.31. The van der Waals surface area contributed by atoms with Crippen LogP contribution in [0.25, 0.3) is 5.57 Å². The van der Waals surface area contributed by atoms with Crippen LogP contribution in [0.3, 0.4) is 0 Å². The van der Waals surface area contributed by atoms with E-state index in [2.05, 4.69) is 186 Å². The summed E-state index contributed by atoms with van der Waals surface area (Å²) in [6.45, 7) is 4.41. The Morgan fingerprint density at radius 2 is 1.22 bits per heavy atom. The third kappa shape index (κ3) is 10.8. The summed E-state index contributed by atoms with van der Waals surface area (Å²) < 4.78 is 8.67. The minimum Gasteiger partial charge on any atom is -0.851 e. The van der Waals surface area contributed by atoms with E-state index in [0.29, 0.717) is 6.61 Å². The highest BCUT2D eigenvalue weighted by atomic mass is 16.5. The van der Waals surface area contributed by atoms with Gasteiger partial charge in [-0.25, -0.2) is 4.58 Å². The Hall–Kier alpha value is -6.06. The average molecular weight is 806 g/mol. The molecule has 0 bridgehead atoms. The second kappa shape index (κ2) is 21.8. The number of nitrogens with one attached hydrogen (secondary N) is 1. The smallest absolute Gasteiger partial charge is 0.199 e. The highest BCUT2D eigenvalue weighted by Gasteiger charge is 2.43. The van der Waals surface area contributed by atoms with Gasteiger partial charge in [-0.3, -0.25) is 0 Å². The number of ether oxygens (including phenoxy) is 1. The molecule has 1 aliphatic carbocycles. The molecule has 1 unspecified atom stereocenters. The van der Waals surface area contributed by atoms with Crippen LogP contribution in [-0.2, 0) is 28.3 Å². The van der Waals surface area contributed by atoms with Crippen molar-refractivity contribution in [2.45, 2.75) is 25.7 Å². The third-order valence-corrected chi connectivity index (χ3v) is 10.4. The number of carbonyl (C=O) groups excluding carboxylic acids is 1. The van der Waals surface area contributed by atoms with Gasteiger partial charge >= 0.3 is 0 Å². The lowest BCUT2D eigenvalue weighted by molar-refractivity contribution is -0.462. The van der Waals surface area contributed by atoms with Gasteiger partial charge in [0.1, 0.15) is 26.5 Å². The first kappa shape index (κ1) is 46.6. The average Bonchev–Trinajstić information content (AvgIpc) is 3.66. The maximum atomic E-state index is 11.9. The zero-order valence-electron chi connectivity index (χ0n) is 37.4. The molecule has 7 rings (SSSR count). The number of nitrogens with zero attached hydrogens (tertiary/aromatic N) is 4. The Bertz CT molecular complexity index is 2270. The van der Waals surface area contributed by atoms with Crippen LogP contribution in [0.4, 0.5) is 17.1 Å². The van der Waals surface area contributed by atoms with Gasteiger partial charge in [0.15, 0.2) is 5.71 Å². The van der Waals surface area contributed by atoms with Crippen LogP contribution in [0.15, 0.2) is 145 Å². The van der Waals surface area contributed by atoms with Gasteiger partial charge in [0.2, 0.25) is 0 Å². The van der Waals surface area contributed by atoms with Gasteiger partial charge in [-0.1, -0.05) is 90.0 Å². The molecule has 314 valence electrons. The standard InChI is InChI=1S/C25H28N2O.C24H26N2O.C2H7N.CH2O/c1-18-6-15-24(21(16-18)17-28)25(19-7-11-22(12-8-19)26(2)3)20-9-13-23(14-10-20)27(4)5;1-25(2)21-12-10-20(11-13-21)24(19-8-6-5-7-9-19)23-15-14-22(26(3)4)16-18(23)17-27-24;1-3-2;1-2/h6-16H,17H2,1-5H3;5-16H,17H2,1-4H3;3H,1-2H3;1H2. The molecule has 1 heterocycles. The van der Waals surface area contributed by atoms with Crippen molar-refractivity contribution in [2.24, 2.45) is 0 Å². The van der Waals surface area contributed by atoms with Crippen molar-refractivity contribution in [3.05, 3.63) is 190 Å². The van der Waals surface area contributed by atoms with Gasteiger partial charge in [0.25, 0.3) is 0 Å². The molecular weight excluding hydrogens is 743 g/mol. The van der Waals surface area contributed by atoms with Crippen LogP contribution in [0.5, 0.6) is 0 Å². The molecule has 8 nitrogen and oxygen atoms in total. The fourth-order valence-electron chi connectivity index (χ4n) is 7.31. The van der Waals surface area contributed by atoms with E-state index in [-0.39, 0.29) is 6.61 Å². The Morgan fingerprint density at radius 1 is 0.700 bits per heavy atom. The molecule has 0 spiro atoms. The number of allylic oxidation sites excluding steroid dienone is 5. The molecule has 5 aromatic rings. The van der Waals surface area contributed by atoms with E-state index < -0.39 is 5.60 Å². The number of carbonyl (C=O) groups is 1. The van der Waals surface area contributed by atoms with E-state index in [1.807, 2.05) is 62.1 Å². The first-order valence-electron chi connectivity index (χ1n) is 20.1. The third-order valence-electron chi connectivity index (χ3n) is 10.4. The summed E-state index contributed by atoms with van der Waals surface area (Å²) >= 11 is 0. The van der Waals surface area contributed by atoms with Crippen molar-refractivity contribution >= 4 is 35.1 Å². The summed E-state index contributed by atoms with van der Waals surface area (Å²) in [6, 6.07) is 40.6. The number of fused-ring (bicyclic) bond motifs is 1. The predicted octanol–water partition coefficient (Wildman–Crippen LogP) is 7.85. The van der Waals surface area contributed by atoms with E-state index in [1.165, 1.54) is 28.1 Å². The Balaban J connectivity index is 0.000000239. The largest absolute Gasteiger partial charge is 0.851 e. The summed E-state index contributed by atoms with van der Waals surface area (Å²) in [5.74, 6) is 0. The first-order valence-corrected chi connectivity index (χ1v) is 20.1. The highest BCUT2D eigenvalue weighted by molar-refractivity contribution is 6.04. The number of anilines is 3. The molecule has 0 fully saturated rings. The minimum atomic E-state index is -0.563. The lowest BCUT2D eigenvalue weighted by Gasteiger charge is -2.31. The Labute approximate surface area is 359 Å². The van der Waals surface area contributed by atoms with Crippen LogP contribution < -0.4 is 25.1 Å². The maximum Gasteiger partial charge on any atom is 0.199 e. The molecule has 0 saturated heterocycles. The molecule has 8 heteroatoms. The van der Waals surface area contributed by atoms with Crippen LogP contribution in [0, 0.1) is 6.92 Å². The SMILES string of the molecule is C=O.CN(C)c1ccc(C2(c3ccccc3)OCc3cc(N(C)C)ccc32)cc1.CNC.Cc1ccc(C(=C2C=CC(=[N+](C)C)C=C2)c2ccc(N(C)C)cc2)c(C[O-])c1. The topological polar surface area (TPSA) is 74.1 Å². The predicted molar refractivity (Wildman–Crippen MR) is 252 cm³/mol. The van der Waals surface area contributed by atoms with Crippen LogP contribution in [-0.4, -0.2) is 87.6 Å². The van der Waals surface area contributed by atoms with Crippen molar-refractivity contribution in [2.75, 3.05) is 85.2 Å². The summed E-state index contributed by atoms with van der Waals surface area (Å²) in [6.07, 6.45) is 8.51. The number of rotatable bonds is 8. The Morgan fingerprint density at radius 3 is 1.73 bits per heavy atom. The molecular formula is C52H63N5O3. The molecule has 0 amide bonds. The zero-order valence-corrected chi connectivity index (χ0v) is 37.4. The number of benzene rings is 5. The van der Waals surface area contributed by atoms with Gasteiger partial charge in [0.05, 0.1) is 6.61 Å². The van der Waals surface area contributed by atoms with Crippen molar-refractivity contribution < 1.29 is 19.2 Å². The molecule has 2 aliphatic rings. The summed E-state index contributed by atoms with van der Waals surface area (Å²) in [5, 5.41) is 14.7. The number of hydrogen-bond donors (Lipinski definition) is 1. The molecule has 1 aliphatic heterocycles. The quantitative estimate of drug-likeness (QED) is 0.160. The minimum absolute atomic E-state index is 0.230. The molecule has 5 aromatic carbocycles. The molecule has 0 aromatic heterocycles. The van der Waals surface area contributed by atoms with Crippen LogP contribution in [0.1, 0.15) is 44.5 Å². The van der Waals surface area contributed by atoms with Crippen molar-refractivity contribution in [1.82, 2.24) is 5.32 Å². The lowest BCUT2D eigenvalue weighted by atomic mass is 9.80. The van der Waals surface area contributed by atoms with E-state index in [1.54, 1.807) is 0 Å². The monoisotopic (exact) mass is 805 g/mol. The van der Waals surface area contributed by atoms with Gasteiger partial charge < -0.3 is 34.7 Å². The van der Waals surface area contributed by atoms with Gasteiger partial charge in [0, 0.05) is 71.5 Å². The normalized spacial score (nSPS) is 14.7. The lowest BCUT2D eigenvalue weighted by Crippen LogP contribution is -2.28. The van der Waals surface area contributed by atoms with E-state index in [9.17, 15) is 5.11 Å². The summed E-state index contributed by atoms with van der Waals surface area (Å²) in [7, 11) is 20.2. The molecule has 0 radical (unpaired) electrons. The number of hydrogen-bond acceptors (Lipinski definition) is 7. The van der Waals surface area contributed by atoms with Crippen molar-refractivity contribution in [3.63, 3.8) is 0 Å².